The summed E-state index contributed by atoms with van der Waals surface area (Å²) in [7, 11) is 1.60. The number of aliphatic hydroxyl groups is 1. The van der Waals surface area contributed by atoms with E-state index in [4.69, 9.17) is 26.2 Å². The lowest BCUT2D eigenvalue weighted by molar-refractivity contribution is 0.171. The number of nitrogens with one attached hydrogen (secondary N) is 1. The standard InChI is InChI=1S/C15H22ClNO3/c1-10(8-18)9-20-15-13(16)5-11(6-14(15)19-2)7-17-12-3-4-12/h5-6,10,12,17-18H,3-4,7-9H2,1-2H3. The second-order valence-electron chi connectivity index (χ2n) is 5.36. The molecule has 1 aliphatic carbocycles. The average molecular weight is 300 g/mol. The number of hydrogen-bond acceptors (Lipinski definition) is 4. The molecule has 0 heterocycles. The van der Waals surface area contributed by atoms with Gasteiger partial charge in [0, 0.05) is 25.1 Å². The Labute approximate surface area is 125 Å². The van der Waals surface area contributed by atoms with Gasteiger partial charge in [0.1, 0.15) is 0 Å². The van der Waals surface area contributed by atoms with Crippen molar-refractivity contribution in [3.63, 3.8) is 0 Å². The van der Waals surface area contributed by atoms with Crippen molar-refractivity contribution < 1.29 is 14.6 Å². The van der Waals surface area contributed by atoms with Crippen molar-refractivity contribution in [3.8, 4) is 11.5 Å². The van der Waals surface area contributed by atoms with Crippen LogP contribution < -0.4 is 14.8 Å². The largest absolute Gasteiger partial charge is 0.493 e. The molecule has 0 saturated heterocycles. The molecule has 1 aliphatic rings. The molecule has 0 bridgehead atoms. The fraction of sp³-hybridized carbons (Fsp3) is 0.600. The fourth-order valence-electron chi connectivity index (χ4n) is 1.84. The maximum atomic E-state index is 9.03. The highest BCUT2D eigenvalue weighted by molar-refractivity contribution is 6.32. The first-order chi connectivity index (χ1) is 9.63. The Kier molecular flexibility index (Phi) is 5.52. The van der Waals surface area contributed by atoms with Gasteiger partial charge in [0.05, 0.1) is 18.7 Å². The van der Waals surface area contributed by atoms with Gasteiger partial charge >= 0.3 is 0 Å². The smallest absolute Gasteiger partial charge is 0.179 e. The van der Waals surface area contributed by atoms with Gasteiger partial charge < -0.3 is 19.9 Å². The summed E-state index contributed by atoms with van der Waals surface area (Å²) in [6.07, 6.45) is 2.51. The number of hydrogen-bond donors (Lipinski definition) is 2. The first-order valence-electron chi connectivity index (χ1n) is 6.97. The molecule has 1 atom stereocenters. The van der Waals surface area contributed by atoms with Gasteiger partial charge in [-0.1, -0.05) is 18.5 Å². The van der Waals surface area contributed by atoms with Crippen molar-refractivity contribution in [2.75, 3.05) is 20.3 Å². The van der Waals surface area contributed by atoms with Crippen LogP contribution >= 0.6 is 11.6 Å². The summed E-state index contributed by atoms with van der Waals surface area (Å²) in [6.45, 7) is 3.19. The molecule has 4 nitrogen and oxygen atoms in total. The van der Waals surface area contributed by atoms with Crippen molar-refractivity contribution in [2.24, 2.45) is 5.92 Å². The van der Waals surface area contributed by atoms with E-state index in [2.05, 4.69) is 5.32 Å². The maximum Gasteiger partial charge on any atom is 0.179 e. The highest BCUT2D eigenvalue weighted by Gasteiger charge is 2.20. The summed E-state index contributed by atoms with van der Waals surface area (Å²) in [5.74, 6) is 1.24. The van der Waals surface area contributed by atoms with Crippen molar-refractivity contribution in [2.45, 2.75) is 32.4 Å². The number of methoxy groups -OCH3 is 1. The molecule has 20 heavy (non-hydrogen) atoms. The summed E-state index contributed by atoms with van der Waals surface area (Å²) in [6, 6.07) is 4.50. The van der Waals surface area contributed by atoms with Crippen LogP contribution in [0.4, 0.5) is 0 Å². The monoisotopic (exact) mass is 299 g/mol. The molecular weight excluding hydrogens is 278 g/mol. The Balaban J connectivity index is 2.05. The summed E-state index contributed by atoms with van der Waals surface area (Å²) >= 11 is 6.28. The Morgan fingerprint density at radius 3 is 2.80 bits per heavy atom. The van der Waals surface area contributed by atoms with Crippen molar-refractivity contribution in [1.29, 1.82) is 0 Å². The second-order valence-corrected chi connectivity index (χ2v) is 5.77. The number of rotatable bonds is 8. The highest BCUT2D eigenvalue weighted by Crippen LogP contribution is 2.36. The molecular formula is C15H22ClNO3. The Morgan fingerprint density at radius 1 is 1.45 bits per heavy atom. The van der Waals surface area contributed by atoms with E-state index < -0.39 is 0 Å². The van der Waals surface area contributed by atoms with Crippen molar-refractivity contribution in [1.82, 2.24) is 5.32 Å². The van der Waals surface area contributed by atoms with Gasteiger partial charge in [-0.05, 0) is 30.5 Å². The topological polar surface area (TPSA) is 50.7 Å². The molecule has 0 aromatic heterocycles. The number of benzene rings is 1. The minimum absolute atomic E-state index is 0.0620. The van der Waals surface area contributed by atoms with E-state index in [0.29, 0.717) is 29.2 Å². The van der Waals surface area contributed by atoms with Crippen molar-refractivity contribution >= 4 is 11.6 Å². The third kappa shape index (κ3) is 4.27. The van der Waals surface area contributed by atoms with Crippen LogP contribution in [0.25, 0.3) is 0 Å². The van der Waals surface area contributed by atoms with Gasteiger partial charge in [-0.15, -0.1) is 0 Å². The van der Waals surface area contributed by atoms with Crippen molar-refractivity contribution in [3.05, 3.63) is 22.7 Å². The minimum atomic E-state index is 0.0620. The van der Waals surface area contributed by atoms with Gasteiger partial charge in [0.2, 0.25) is 0 Å². The lowest BCUT2D eigenvalue weighted by atomic mass is 10.2. The molecule has 0 spiro atoms. The van der Waals surface area contributed by atoms with Gasteiger partial charge in [-0.25, -0.2) is 0 Å². The summed E-state index contributed by atoms with van der Waals surface area (Å²) in [4.78, 5) is 0. The normalized spacial score (nSPS) is 16.0. The zero-order chi connectivity index (χ0) is 14.5. The summed E-state index contributed by atoms with van der Waals surface area (Å²) in [5.41, 5.74) is 1.08. The summed E-state index contributed by atoms with van der Waals surface area (Å²) < 4.78 is 11.0. The second kappa shape index (κ2) is 7.16. The minimum Gasteiger partial charge on any atom is -0.493 e. The van der Waals surface area contributed by atoms with E-state index in [1.807, 2.05) is 19.1 Å². The van der Waals surface area contributed by atoms with Gasteiger partial charge in [0.15, 0.2) is 11.5 Å². The van der Waals surface area contributed by atoms with Gasteiger partial charge in [-0.2, -0.15) is 0 Å². The lowest BCUT2D eigenvalue weighted by Gasteiger charge is -2.16. The van der Waals surface area contributed by atoms with Crippen LogP contribution in [0.5, 0.6) is 11.5 Å². The number of aliphatic hydroxyl groups excluding tert-OH is 1. The van der Waals surface area contributed by atoms with Crippen LogP contribution in [0, 0.1) is 5.92 Å². The third-order valence-electron chi connectivity index (χ3n) is 3.29. The van der Waals surface area contributed by atoms with Gasteiger partial charge in [-0.3, -0.25) is 0 Å². The van der Waals surface area contributed by atoms with Crippen LogP contribution in [0.3, 0.4) is 0 Å². The van der Waals surface area contributed by atoms with E-state index in [1.165, 1.54) is 12.8 Å². The van der Waals surface area contributed by atoms with E-state index >= 15 is 0 Å². The van der Waals surface area contributed by atoms with E-state index in [9.17, 15) is 0 Å². The summed E-state index contributed by atoms with van der Waals surface area (Å²) in [5, 5.41) is 13.0. The van der Waals surface area contributed by atoms with Crippen LogP contribution in [-0.4, -0.2) is 31.5 Å². The SMILES string of the molecule is COc1cc(CNC2CC2)cc(Cl)c1OCC(C)CO. The molecule has 2 N–H and O–H groups in total. The van der Waals surface area contributed by atoms with E-state index in [-0.39, 0.29) is 12.5 Å². The Morgan fingerprint density at radius 2 is 2.20 bits per heavy atom. The van der Waals surface area contributed by atoms with Crippen LogP contribution in [0.15, 0.2) is 12.1 Å². The van der Waals surface area contributed by atoms with E-state index in [1.54, 1.807) is 7.11 Å². The molecule has 5 heteroatoms. The van der Waals surface area contributed by atoms with Crippen LogP contribution in [0.1, 0.15) is 25.3 Å². The molecule has 1 aromatic rings. The molecule has 0 amide bonds. The van der Waals surface area contributed by atoms with Gasteiger partial charge in [0.25, 0.3) is 0 Å². The zero-order valence-corrected chi connectivity index (χ0v) is 12.7. The van der Waals surface area contributed by atoms with Crippen LogP contribution in [-0.2, 0) is 6.54 Å². The molecule has 1 saturated carbocycles. The molecule has 2 rings (SSSR count). The predicted molar refractivity (Wildman–Crippen MR) is 79.6 cm³/mol. The Bertz CT molecular complexity index is 449. The van der Waals surface area contributed by atoms with E-state index in [0.717, 1.165) is 12.1 Å². The number of ether oxygens (including phenoxy) is 2. The molecule has 0 radical (unpaired) electrons. The lowest BCUT2D eigenvalue weighted by Crippen LogP contribution is -2.16. The zero-order valence-electron chi connectivity index (χ0n) is 12.0. The molecule has 1 unspecified atom stereocenters. The first-order valence-corrected chi connectivity index (χ1v) is 7.35. The molecule has 1 fully saturated rings. The highest BCUT2D eigenvalue weighted by atomic mass is 35.5. The third-order valence-corrected chi connectivity index (χ3v) is 3.57. The average Bonchev–Trinajstić information content (AvgIpc) is 3.27. The molecule has 0 aliphatic heterocycles. The fourth-order valence-corrected chi connectivity index (χ4v) is 2.13. The van der Waals surface area contributed by atoms with Crippen LogP contribution in [0.2, 0.25) is 5.02 Å². The predicted octanol–water partition coefficient (Wildman–Crippen LogP) is 2.61. The molecule has 1 aromatic carbocycles. The molecule has 112 valence electrons. The first kappa shape index (κ1) is 15.4. The Hall–Kier alpha value is -0.970. The number of halogens is 1. The quantitative estimate of drug-likeness (QED) is 0.775. The maximum absolute atomic E-state index is 9.03.